The normalized spacial score (nSPS) is 26.4. The van der Waals surface area contributed by atoms with Gasteiger partial charge in [-0.25, -0.2) is 4.79 Å². The fourth-order valence-corrected chi connectivity index (χ4v) is 2.41. The third-order valence-electron chi connectivity index (χ3n) is 3.20. The zero-order valence-corrected chi connectivity index (χ0v) is 8.71. The quantitative estimate of drug-likeness (QED) is 0.715. The van der Waals surface area contributed by atoms with Crippen molar-refractivity contribution in [3.8, 4) is 0 Å². The first-order valence-corrected chi connectivity index (χ1v) is 5.41. The Bertz CT molecular complexity index is 552. The molecule has 4 heteroatoms. The predicted molar refractivity (Wildman–Crippen MR) is 58.0 cm³/mol. The Kier molecular flexibility index (Phi) is 1.96. The molecule has 0 spiro atoms. The first-order valence-electron chi connectivity index (χ1n) is 5.41. The Labute approximate surface area is 92.5 Å². The van der Waals surface area contributed by atoms with Gasteiger partial charge in [-0.2, -0.15) is 0 Å². The summed E-state index contributed by atoms with van der Waals surface area (Å²) in [7, 11) is 0. The van der Waals surface area contributed by atoms with E-state index in [0.717, 1.165) is 17.0 Å². The van der Waals surface area contributed by atoms with Gasteiger partial charge in [0, 0.05) is 11.4 Å². The van der Waals surface area contributed by atoms with E-state index >= 15 is 0 Å². The third-order valence-corrected chi connectivity index (χ3v) is 3.20. The van der Waals surface area contributed by atoms with Crippen LogP contribution in [0.3, 0.4) is 0 Å². The number of fused-ring (bicyclic) bond motifs is 2. The van der Waals surface area contributed by atoms with Crippen molar-refractivity contribution in [2.75, 3.05) is 0 Å². The fraction of sp³-hybridized carbons (Fsp3) is 0.333. The van der Waals surface area contributed by atoms with Gasteiger partial charge < -0.3 is 10.0 Å². The van der Waals surface area contributed by atoms with Crippen molar-refractivity contribution in [1.29, 1.82) is 0 Å². The summed E-state index contributed by atoms with van der Waals surface area (Å²) in [5.74, 6) is -0.756. The highest BCUT2D eigenvalue weighted by molar-refractivity contribution is 5.75. The van der Waals surface area contributed by atoms with Gasteiger partial charge in [0.05, 0.1) is 5.36 Å². The summed E-state index contributed by atoms with van der Waals surface area (Å²) >= 11 is 0. The van der Waals surface area contributed by atoms with Crippen LogP contribution in [0.25, 0.3) is 6.20 Å². The Morgan fingerprint density at radius 2 is 2.19 bits per heavy atom. The maximum Gasteiger partial charge on any atom is 0.326 e. The molecule has 1 fully saturated rings. The van der Waals surface area contributed by atoms with Crippen molar-refractivity contribution < 1.29 is 9.90 Å². The Morgan fingerprint density at radius 1 is 1.38 bits per heavy atom. The highest BCUT2D eigenvalue weighted by atomic mass is 16.4. The van der Waals surface area contributed by atoms with E-state index in [0.29, 0.717) is 6.42 Å². The highest BCUT2D eigenvalue weighted by Gasteiger charge is 2.36. The first kappa shape index (κ1) is 9.39. The highest BCUT2D eigenvalue weighted by Crippen LogP contribution is 2.26. The average Bonchev–Trinajstić information content (AvgIpc) is 2.68. The first-order chi connectivity index (χ1) is 7.75. The fourth-order valence-electron chi connectivity index (χ4n) is 2.41. The largest absolute Gasteiger partial charge is 0.480 e. The number of carbonyl (C=O) groups is 1. The van der Waals surface area contributed by atoms with Gasteiger partial charge in [0.15, 0.2) is 0 Å². The van der Waals surface area contributed by atoms with Gasteiger partial charge in [-0.3, -0.25) is 4.99 Å². The lowest BCUT2D eigenvalue weighted by atomic mass is 10.2. The lowest BCUT2D eigenvalue weighted by molar-refractivity contribution is -0.141. The number of nitrogens with zero attached hydrogens (tertiary/aromatic N) is 2. The van der Waals surface area contributed by atoms with E-state index in [9.17, 15) is 4.79 Å². The SMILES string of the molecule is O=C(O)C1CCC2N=c3ccccc3=CN21. The number of para-hydroxylation sites is 1. The molecule has 2 aliphatic heterocycles. The van der Waals surface area contributed by atoms with Crippen LogP contribution in [0.1, 0.15) is 12.8 Å². The minimum absolute atomic E-state index is 0.0102. The monoisotopic (exact) mass is 216 g/mol. The molecule has 0 aliphatic carbocycles. The predicted octanol–water partition coefficient (Wildman–Crippen LogP) is -0.0671. The van der Waals surface area contributed by atoms with Crippen LogP contribution in [0.5, 0.6) is 0 Å². The second kappa shape index (κ2) is 3.33. The second-order valence-electron chi connectivity index (χ2n) is 4.18. The standard InChI is InChI=1S/C12H12N2O2/c15-12(16)10-5-6-11-13-9-4-2-1-3-8(9)7-14(10)11/h1-4,7,10-11H,5-6H2,(H,15,16). The molecule has 4 nitrogen and oxygen atoms in total. The van der Waals surface area contributed by atoms with Crippen molar-refractivity contribution in [3.63, 3.8) is 0 Å². The van der Waals surface area contributed by atoms with Gasteiger partial charge in [-0.05, 0) is 18.9 Å². The van der Waals surface area contributed by atoms with E-state index in [4.69, 9.17) is 5.11 Å². The van der Waals surface area contributed by atoms with Gasteiger partial charge >= 0.3 is 5.97 Å². The van der Waals surface area contributed by atoms with Crippen LogP contribution in [0, 0.1) is 0 Å². The van der Waals surface area contributed by atoms with E-state index in [1.165, 1.54) is 0 Å². The lowest BCUT2D eigenvalue weighted by Gasteiger charge is -2.26. The van der Waals surface area contributed by atoms with E-state index in [1.807, 2.05) is 35.4 Å². The summed E-state index contributed by atoms with van der Waals surface area (Å²) in [4.78, 5) is 17.5. The van der Waals surface area contributed by atoms with Crippen LogP contribution >= 0.6 is 0 Å². The molecule has 0 amide bonds. The molecule has 16 heavy (non-hydrogen) atoms. The van der Waals surface area contributed by atoms with Gasteiger partial charge in [0.1, 0.15) is 12.2 Å². The molecule has 0 bridgehead atoms. The van der Waals surface area contributed by atoms with Crippen LogP contribution in [0.2, 0.25) is 0 Å². The Hall–Kier alpha value is -1.84. The van der Waals surface area contributed by atoms with Gasteiger partial charge in [-0.1, -0.05) is 18.2 Å². The van der Waals surface area contributed by atoms with Crippen LogP contribution in [0.15, 0.2) is 29.3 Å². The van der Waals surface area contributed by atoms with Gasteiger partial charge in [0.2, 0.25) is 0 Å². The molecule has 2 aliphatic rings. The van der Waals surface area contributed by atoms with E-state index < -0.39 is 12.0 Å². The van der Waals surface area contributed by atoms with E-state index in [1.54, 1.807) is 0 Å². The Morgan fingerprint density at radius 3 is 3.00 bits per heavy atom. The molecular weight excluding hydrogens is 204 g/mol. The van der Waals surface area contributed by atoms with Crippen molar-refractivity contribution in [3.05, 3.63) is 34.8 Å². The van der Waals surface area contributed by atoms with E-state index in [-0.39, 0.29) is 6.17 Å². The molecule has 2 atom stereocenters. The number of benzene rings is 1. The lowest BCUT2D eigenvalue weighted by Crippen LogP contribution is -2.44. The number of hydrogen-bond acceptors (Lipinski definition) is 3. The molecule has 0 saturated carbocycles. The molecule has 3 rings (SSSR count). The topological polar surface area (TPSA) is 52.9 Å². The average molecular weight is 216 g/mol. The molecule has 1 N–H and O–H groups in total. The molecular formula is C12H12N2O2. The molecule has 0 radical (unpaired) electrons. The van der Waals surface area contributed by atoms with Crippen molar-refractivity contribution in [1.82, 2.24) is 4.90 Å². The van der Waals surface area contributed by atoms with Crippen molar-refractivity contribution >= 4 is 12.2 Å². The third kappa shape index (κ3) is 1.30. The summed E-state index contributed by atoms with van der Waals surface area (Å²) in [6.07, 6.45) is 3.44. The molecule has 82 valence electrons. The molecule has 1 saturated heterocycles. The number of carboxylic acids is 1. The van der Waals surface area contributed by atoms with Crippen LogP contribution in [-0.2, 0) is 4.79 Å². The molecule has 1 aromatic rings. The molecule has 0 aromatic heterocycles. The van der Waals surface area contributed by atoms with Crippen molar-refractivity contribution in [2.24, 2.45) is 4.99 Å². The summed E-state index contributed by atoms with van der Waals surface area (Å²) in [6.45, 7) is 0. The zero-order valence-electron chi connectivity index (χ0n) is 8.71. The van der Waals surface area contributed by atoms with Crippen LogP contribution < -0.4 is 10.6 Å². The van der Waals surface area contributed by atoms with E-state index in [2.05, 4.69) is 4.99 Å². The summed E-state index contributed by atoms with van der Waals surface area (Å²) in [6, 6.07) is 7.41. The smallest absolute Gasteiger partial charge is 0.326 e. The molecule has 2 unspecified atom stereocenters. The maximum absolute atomic E-state index is 11.1. The van der Waals surface area contributed by atoms with Crippen molar-refractivity contribution in [2.45, 2.75) is 25.0 Å². The number of hydrogen-bond donors (Lipinski definition) is 1. The summed E-state index contributed by atoms with van der Waals surface area (Å²) < 4.78 is 0. The zero-order chi connectivity index (χ0) is 11.1. The minimum atomic E-state index is -0.756. The van der Waals surface area contributed by atoms with Crippen LogP contribution in [-0.4, -0.2) is 28.2 Å². The van der Waals surface area contributed by atoms with Gasteiger partial charge in [-0.15, -0.1) is 0 Å². The number of rotatable bonds is 1. The van der Waals surface area contributed by atoms with Gasteiger partial charge in [0.25, 0.3) is 0 Å². The molecule has 2 heterocycles. The molecule has 1 aromatic carbocycles. The summed E-state index contributed by atoms with van der Waals surface area (Å²) in [5.41, 5.74) is 0. The van der Waals surface area contributed by atoms with Crippen LogP contribution in [0.4, 0.5) is 0 Å². The second-order valence-corrected chi connectivity index (χ2v) is 4.18. The number of aliphatic carboxylic acids is 1. The minimum Gasteiger partial charge on any atom is -0.480 e. The Balaban J connectivity index is 2.11. The number of carboxylic acid groups (broad SMARTS) is 1. The maximum atomic E-state index is 11.1. The summed E-state index contributed by atoms with van der Waals surface area (Å²) in [5, 5.41) is 11.1.